The zero-order chi connectivity index (χ0) is 10.5. The highest BCUT2D eigenvalue weighted by molar-refractivity contribution is 7.99. The van der Waals surface area contributed by atoms with Gasteiger partial charge < -0.3 is 10.2 Å². The molecule has 1 aliphatic heterocycles. The van der Waals surface area contributed by atoms with Crippen molar-refractivity contribution in [2.24, 2.45) is 5.92 Å². The molecule has 0 aromatic carbocycles. The van der Waals surface area contributed by atoms with Gasteiger partial charge in [-0.15, -0.1) is 0 Å². The first-order chi connectivity index (χ1) is 7.38. The third-order valence-corrected chi connectivity index (χ3v) is 4.80. The molecule has 2 nitrogen and oxygen atoms in total. The molecule has 0 aromatic heterocycles. The Morgan fingerprint density at radius 3 is 2.73 bits per heavy atom. The zero-order valence-electron chi connectivity index (χ0n) is 9.87. The van der Waals surface area contributed by atoms with Gasteiger partial charge in [0.25, 0.3) is 0 Å². The highest BCUT2D eigenvalue weighted by Crippen LogP contribution is 2.27. The van der Waals surface area contributed by atoms with Gasteiger partial charge in [-0.25, -0.2) is 0 Å². The monoisotopic (exact) mass is 228 g/mol. The van der Waals surface area contributed by atoms with Crippen LogP contribution < -0.4 is 5.32 Å². The molecule has 0 bridgehead atoms. The Morgan fingerprint density at radius 2 is 2.20 bits per heavy atom. The summed E-state index contributed by atoms with van der Waals surface area (Å²) in [5.74, 6) is 3.62. The molecule has 1 unspecified atom stereocenters. The average molecular weight is 228 g/mol. The van der Waals surface area contributed by atoms with E-state index in [4.69, 9.17) is 0 Å². The predicted molar refractivity (Wildman–Crippen MR) is 68.6 cm³/mol. The quantitative estimate of drug-likeness (QED) is 0.773. The van der Waals surface area contributed by atoms with Crippen molar-refractivity contribution in [3.05, 3.63) is 0 Å². The maximum atomic E-state index is 3.63. The van der Waals surface area contributed by atoms with Gasteiger partial charge in [-0.3, -0.25) is 0 Å². The zero-order valence-corrected chi connectivity index (χ0v) is 10.7. The number of nitrogens with one attached hydrogen (secondary N) is 1. The molecule has 2 fully saturated rings. The minimum atomic E-state index is 0.740. The molecule has 0 radical (unpaired) electrons. The molecule has 3 heteroatoms. The standard InChI is InChI=1S/C12H24N2S/c1-2-14(8-11-4-3-5-11)9-12-10-15-7-6-13-12/h11-13H,2-10H2,1H3. The number of likely N-dealkylation sites (N-methyl/N-ethyl adjacent to an activating group) is 1. The summed E-state index contributed by atoms with van der Waals surface area (Å²) in [6.45, 7) is 7.34. The number of hydrogen-bond donors (Lipinski definition) is 1. The van der Waals surface area contributed by atoms with Crippen LogP contribution in [0.2, 0.25) is 0 Å². The molecule has 1 heterocycles. The summed E-state index contributed by atoms with van der Waals surface area (Å²) >= 11 is 2.10. The van der Waals surface area contributed by atoms with Gasteiger partial charge in [0.2, 0.25) is 0 Å². The van der Waals surface area contributed by atoms with E-state index in [1.807, 2.05) is 0 Å². The van der Waals surface area contributed by atoms with Crippen LogP contribution in [-0.2, 0) is 0 Å². The van der Waals surface area contributed by atoms with Crippen LogP contribution >= 0.6 is 11.8 Å². The topological polar surface area (TPSA) is 15.3 Å². The third kappa shape index (κ3) is 3.65. The molecular formula is C12H24N2S. The SMILES string of the molecule is CCN(CC1CCC1)CC1CSCCN1. The van der Waals surface area contributed by atoms with E-state index < -0.39 is 0 Å². The summed E-state index contributed by atoms with van der Waals surface area (Å²) in [6, 6.07) is 0.740. The number of nitrogens with zero attached hydrogens (tertiary/aromatic N) is 1. The lowest BCUT2D eigenvalue weighted by Gasteiger charge is -2.35. The predicted octanol–water partition coefficient (Wildman–Crippen LogP) is 1.81. The third-order valence-electron chi connectivity index (χ3n) is 3.67. The van der Waals surface area contributed by atoms with Crippen molar-refractivity contribution in [2.75, 3.05) is 37.7 Å². The van der Waals surface area contributed by atoms with Crippen molar-refractivity contribution in [3.63, 3.8) is 0 Å². The first-order valence-electron chi connectivity index (χ1n) is 6.42. The Labute approximate surface area is 98.2 Å². The molecule has 2 aliphatic rings. The Bertz CT molecular complexity index is 176. The Hall–Kier alpha value is 0.270. The van der Waals surface area contributed by atoms with Crippen LogP contribution in [0, 0.1) is 5.92 Å². The van der Waals surface area contributed by atoms with Crippen LogP contribution in [0.15, 0.2) is 0 Å². The summed E-state index contributed by atoms with van der Waals surface area (Å²) in [4.78, 5) is 2.65. The second kappa shape index (κ2) is 6.12. The van der Waals surface area contributed by atoms with E-state index in [-0.39, 0.29) is 0 Å². The summed E-state index contributed by atoms with van der Waals surface area (Å²) in [5.41, 5.74) is 0. The first-order valence-corrected chi connectivity index (χ1v) is 7.57. The van der Waals surface area contributed by atoms with Crippen LogP contribution in [0.4, 0.5) is 0 Å². The highest BCUT2D eigenvalue weighted by atomic mass is 32.2. The lowest BCUT2D eigenvalue weighted by atomic mass is 9.85. The van der Waals surface area contributed by atoms with Gasteiger partial charge in [-0.1, -0.05) is 13.3 Å². The molecule has 0 amide bonds. The summed E-state index contributed by atoms with van der Waals surface area (Å²) < 4.78 is 0. The fraction of sp³-hybridized carbons (Fsp3) is 1.00. The molecule has 1 saturated carbocycles. The van der Waals surface area contributed by atoms with Crippen molar-refractivity contribution in [2.45, 2.75) is 32.2 Å². The lowest BCUT2D eigenvalue weighted by molar-refractivity contribution is 0.173. The van der Waals surface area contributed by atoms with Crippen LogP contribution in [-0.4, -0.2) is 48.6 Å². The van der Waals surface area contributed by atoms with Gasteiger partial charge in [0.1, 0.15) is 0 Å². The molecule has 0 aromatic rings. The molecule has 88 valence electrons. The molecular weight excluding hydrogens is 204 g/mol. The Morgan fingerprint density at radius 1 is 1.33 bits per heavy atom. The Balaban J connectivity index is 1.68. The van der Waals surface area contributed by atoms with Gasteiger partial charge in [-0.05, 0) is 25.3 Å². The van der Waals surface area contributed by atoms with E-state index in [0.717, 1.165) is 12.0 Å². The van der Waals surface area contributed by atoms with E-state index in [9.17, 15) is 0 Å². The van der Waals surface area contributed by atoms with E-state index in [1.165, 1.54) is 56.9 Å². The molecule has 1 N–H and O–H groups in total. The summed E-state index contributed by atoms with van der Waals surface area (Å²) in [5, 5.41) is 3.63. The van der Waals surface area contributed by atoms with Crippen LogP contribution in [0.1, 0.15) is 26.2 Å². The van der Waals surface area contributed by atoms with E-state index in [1.54, 1.807) is 0 Å². The molecule has 15 heavy (non-hydrogen) atoms. The lowest BCUT2D eigenvalue weighted by Crippen LogP contribution is -2.47. The molecule has 1 saturated heterocycles. The normalized spacial score (nSPS) is 28.0. The van der Waals surface area contributed by atoms with Gasteiger partial charge in [0, 0.05) is 37.2 Å². The van der Waals surface area contributed by atoms with Crippen LogP contribution in [0.3, 0.4) is 0 Å². The maximum Gasteiger partial charge on any atom is 0.0285 e. The molecule has 0 spiro atoms. The van der Waals surface area contributed by atoms with E-state index >= 15 is 0 Å². The van der Waals surface area contributed by atoms with Crippen molar-refractivity contribution in [3.8, 4) is 0 Å². The smallest absolute Gasteiger partial charge is 0.0285 e. The molecule has 1 atom stereocenters. The molecule has 2 rings (SSSR count). The van der Waals surface area contributed by atoms with Gasteiger partial charge in [0.15, 0.2) is 0 Å². The fourth-order valence-electron chi connectivity index (χ4n) is 2.42. The minimum Gasteiger partial charge on any atom is -0.311 e. The first kappa shape index (κ1) is 11.7. The number of hydrogen-bond acceptors (Lipinski definition) is 3. The average Bonchev–Trinajstić information content (AvgIpc) is 2.23. The van der Waals surface area contributed by atoms with Crippen molar-refractivity contribution in [1.29, 1.82) is 0 Å². The Kier molecular flexibility index (Phi) is 4.79. The van der Waals surface area contributed by atoms with Crippen LogP contribution in [0.25, 0.3) is 0 Å². The van der Waals surface area contributed by atoms with E-state index in [2.05, 4.69) is 28.9 Å². The summed E-state index contributed by atoms with van der Waals surface area (Å²) in [6.07, 6.45) is 4.42. The summed E-state index contributed by atoms with van der Waals surface area (Å²) in [7, 11) is 0. The number of rotatable bonds is 5. The second-order valence-electron chi connectivity index (χ2n) is 4.88. The van der Waals surface area contributed by atoms with Gasteiger partial charge in [0.05, 0.1) is 0 Å². The van der Waals surface area contributed by atoms with Crippen molar-refractivity contribution >= 4 is 11.8 Å². The fourth-order valence-corrected chi connectivity index (χ4v) is 3.36. The van der Waals surface area contributed by atoms with Crippen molar-refractivity contribution in [1.82, 2.24) is 10.2 Å². The second-order valence-corrected chi connectivity index (χ2v) is 6.02. The van der Waals surface area contributed by atoms with Crippen molar-refractivity contribution < 1.29 is 0 Å². The minimum absolute atomic E-state index is 0.740. The van der Waals surface area contributed by atoms with Gasteiger partial charge in [-0.2, -0.15) is 11.8 Å². The number of thioether (sulfide) groups is 1. The van der Waals surface area contributed by atoms with E-state index in [0.29, 0.717) is 0 Å². The van der Waals surface area contributed by atoms with Crippen LogP contribution in [0.5, 0.6) is 0 Å². The molecule has 1 aliphatic carbocycles. The van der Waals surface area contributed by atoms with Gasteiger partial charge >= 0.3 is 0 Å². The maximum absolute atomic E-state index is 3.63. The highest BCUT2D eigenvalue weighted by Gasteiger charge is 2.22. The largest absolute Gasteiger partial charge is 0.311 e.